The van der Waals surface area contributed by atoms with Crippen LogP contribution in [-0.4, -0.2) is 12.6 Å². The number of nitrogens with one attached hydrogen (secondary N) is 1. The molecule has 0 aromatic heterocycles. The number of ether oxygens (including phenoxy) is 1. The molecule has 1 heterocycles. The van der Waals surface area contributed by atoms with Crippen molar-refractivity contribution in [1.29, 1.82) is 0 Å². The Morgan fingerprint density at radius 2 is 2.05 bits per heavy atom. The Kier molecular flexibility index (Phi) is 3.86. The van der Waals surface area contributed by atoms with Crippen LogP contribution in [0, 0.1) is 0 Å². The smallest absolute Gasteiger partial charge is 0.127 e. The van der Waals surface area contributed by atoms with E-state index < -0.39 is 0 Å². The second kappa shape index (κ2) is 5.45. The quantitative estimate of drug-likeness (QED) is 0.881. The lowest BCUT2D eigenvalue weighted by atomic mass is 9.94. The minimum Gasteiger partial charge on any atom is -0.493 e. The third-order valence-electron chi connectivity index (χ3n) is 4.01. The van der Waals surface area contributed by atoms with Crippen molar-refractivity contribution < 1.29 is 4.74 Å². The third-order valence-corrected chi connectivity index (χ3v) is 4.46. The number of fused-ring (bicyclic) bond motifs is 1. The molecule has 0 radical (unpaired) electrons. The zero-order valence-electron chi connectivity index (χ0n) is 11.7. The molecule has 1 unspecified atom stereocenters. The molecule has 3 rings (SSSR count). The van der Waals surface area contributed by atoms with Crippen molar-refractivity contribution in [3.8, 4) is 5.75 Å². The van der Waals surface area contributed by atoms with E-state index in [0.717, 1.165) is 24.8 Å². The van der Waals surface area contributed by atoms with Gasteiger partial charge >= 0.3 is 0 Å². The summed E-state index contributed by atoms with van der Waals surface area (Å²) in [6.45, 7) is 5.32. The van der Waals surface area contributed by atoms with E-state index in [9.17, 15) is 0 Å². The highest BCUT2D eigenvalue weighted by atomic mass is 79.9. The van der Waals surface area contributed by atoms with Crippen molar-refractivity contribution in [1.82, 2.24) is 5.32 Å². The fourth-order valence-corrected chi connectivity index (χ4v) is 3.31. The largest absolute Gasteiger partial charge is 0.493 e. The van der Waals surface area contributed by atoms with Crippen molar-refractivity contribution in [2.75, 3.05) is 6.61 Å². The average molecular weight is 324 g/mol. The van der Waals surface area contributed by atoms with Crippen LogP contribution >= 0.6 is 15.9 Å². The lowest BCUT2D eigenvalue weighted by Gasteiger charge is -2.22. The highest BCUT2D eigenvalue weighted by Crippen LogP contribution is 2.41. The number of rotatable bonds is 3. The summed E-state index contributed by atoms with van der Waals surface area (Å²) in [5, 5.41) is 3.78. The molecule has 2 nitrogen and oxygen atoms in total. The summed E-state index contributed by atoms with van der Waals surface area (Å²) in [6, 6.07) is 5.65. The molecule has 1 aromatic rings. The first kappa shape index (κ1) is 13.4. The van der Waals surface area contributed by atoms with E-state index >= 15 is 0 Å². The maximum absolute atomic E-state index is 6.07. The van der Waals surface area contributed by atoms with Crippen LogP contribution in [0.15, 0.2) is 16.6 Å². The maximum atomic E-state index is 6.07. The minimum atomic E-state index is 0.458. The zero-order valence-corrected chi connectivity index (χ0v) is 13.3. The molecule has 1 saturated carbocycles. The van der Waals surface area contributed by atoms with Crippen LogP contribution in [0.25, 0.3) is 0 Å². The van der Waals surface area contributed by atoms with Gasteiger partial charge in [-0.15, -0.1) is 0 Å². The maximum Gasteiger partial charge on any atom is 0.127 e. The lowest BCUT2D eigenvalue weighted by Crippen LogP contribution is -2.23. The first-order valence-electron chi connectivity index (χ1n) is 7.37. The van der Waals surface area contributed by atoms with Gasteiger partial charge in [-0.3, -0.25) is 0 Å². The van der Waals surface area contributed by atoms with Gasteiger partial charge in [0.1, 0.15) is 5.75 Å². The molecule has 0 bridgehead atoms. The zero-order chi connectivity index (χ0) is 13.4. The summed E-state index contributed by atoms with van der Waals surface area (Å²) in [7, 11) is 0. The second-order valence-corrected chi connectivity index (χ2v) is 6.97. The summed E-state index contributed by atoms with van der Waals surface area (Å²) in [6.07, 6.45) is 4.97. The number of benzene rings is 1. The summed E-state index contributed by atoms with van der Waals surface area (Å²) < 4.78 is 7.24. The van der Waals surface area contributed by atoms with Crippen molar-refractivity contribution >= 4 is 15.9 Å². The normalized spacial score (nSPS) is 22.8. The van der Waals surface area contributed by atoms with Gasteiger partial charge in [-0.2, -0.15) is 0 Å². The topological polar surface area (TPSA) is 21.3 Å². The van der Waals surface area contributed by atoms with Gasteiger partial charge in [0.25, 0.3) is 0 Å². The van der Waals surface area contributed by atoms with Gasteiger partial charge in [-0.1, -0.05) is 29.8 Å². The Morgan fingerprint density at radius 1 is 1.26 bits per heavy atom. The van der Waals surface area contributed by atoms with E-state index in [1.165, 1.54) is 34.9 Å². The molecule has 3 heteroatoms. The van der Waals surface area contributed by atoms with E-state index in [0.29, 0.717) is 12.0 Å². The number of halogens is 1. The van der Waals surface area contributed by atoms with Gasteiger partial charge in [-0.05, 0) is 49.3 Å². The van der Waals surface area contributed by atoms with E-state index in [1.807, 2.05) is 0 Å². The summed E-state index contributed by atoms with van der Waals surface area (Å²) in [4.78, 5) is 0. The van der Waals surface area contributed by atoms with Crippen molar-refractivity contribution in [2.45, 2.75) is 57.5 Å². The molecule has 1 aliphatic heterocycles. The van der Waals surface area contributed by atoms with Crippen LogP contribution in [0.3, 0.4) is 0 Å². The summed E-state index contributed by atoms with van der Waals surface area (Å²) in [5.41, 5.74) is 2.68. The summed E-state index contributed by atoms with van der Waals surface area (Å²) in [5.74, 6) is 1.62. The average Bonchev–Trinajstić information content (AvgIpc) is 3.17. The molecule has 1 aliphatic carbocycles. The van der Waals surface area contributed by atoms with E-state index in [4.69, 9.17) is 4.74 Å². The highest BCUT2D eigenvalue weighted by molar-refractivity contribution is 9.10. The molecular weight excluding hydrogens is 302 g/mol. The van der Waals surface area contributed by atoms with E-state index in [2.05, 4.69) is 47.2 Å². The SMILES string of the molecule is CC(C)c1cc(Br)cc2c1OCCCC2NC1CC1. The molecule has 0 amide bonds. The molecule has 19 heavy (non-hydrogen) atoms. The van der Waals surface area contributed by atoms with Crippen LogP contribution in [0.1, 0.15) is 62.6 Å². The molecule has 1 N–H and O–H groups in total. The molecule has 2 aliphatic rings. The Balaban J connectivity index is 2.01. The first-order chi connectivity index (χ1) is 9.15. The lowest BCUT2D eigenvalue weighted by molar-refractivity contribution is 0.311. The Bertz CT molecular complexity index is 468. The van der Waals surface area contributed by atoms with Gasteiger partial charge < -0.3 is 10.1 Å². The van der Waals surface area contributed by atoms with Crippen LogP contribution in [-0.2, 0) is 0 Å². The summed E-state index contributed by atoms with van der Waals surface area (Å²) >= 11 is 3.66. The third kappa shape index (κ3) is 2.97. The fourth-order valence-electron chi connectivity index (χ4n) is 2.82. The van der Waals surface area contributed by atoms with Gasteiger partial charge in [0.05, 0.1) is 6.61 Å². The Morgan fingerprint density at radius 3 is 2.74 bits per heavy atom. The standard InChI is InChI=1S/C16H22BrNO/c1-10(2)13-8-11(17)9-14-15(18-12-5-6-12)4-3-7-19-16(13)14/h8-10,12,15,18H,3-7H2,1-2H3. The first-order valence-corrected chi connectivity index (χ1v) is 8.16. The molecular formula is C16H22BrNO. The number of hydrogen-bond donors (Lipinski definition) is 1. The van der Waals surface area contributed by atoms with Crippen molar-refractivity contribution in [3.63, 3.8) is 0 Å². The minimum absolute atomic E-state index is 0.458. The van der Waals surface area contributed by atoms with Crippen LogP contribution < -0.4 is 10.1 Å². The van der Waals surface area contributed by atoms with Gasteiger partial charge in [-0.25, -0.2) is 0 Å². The van der Waals surface area contributed by atoms with E-state index in [1.54, 1.807) is 0 Å². The highest BCUT2D eigenvalue weighted by Gasteiger charge is 2.29. The molecule has 1 atom stereocenters. The predicted octanol–water partition coefficient (Wildman–Crippen LogP) is 4.54. The molecule has 0 saturated heterocycles. The van der Waals surface area contributed by atoms with Crippen molar-refractivity contribution in [3.05, 3.63) is 27.7 Å². The second-order valence-electron chi connectivity index (χ2n) is 6.05. The van der Waals surface area contributed by atoms with Gasteiger partial charge in [0.15, 0.2) is 0 Å². The van der Waals surface area contributed by atoms with Crippen LogP contribution in [0.5, 0.6) is 5.75 Å². The fraction of sp³-hybridized carbons (Fsp3) is 0.625. The van der Waals surface area contributed by atoms with E-state index in [-0.39, 0.29) is 0 Å². The van der Waals surface area contributed by atoms with Crippen LogP contribution in [0.2, 0.25) is 0 Å². The predicted molar refractivity (Wildman–Crippen MR) is 81.9 cm³/mol. The Hall–Kier alpha value is -0.540. The molecule has 1 fully saturated rings. The molecule has 0 spiro atoms. The number of hydrogen-bond acceptors (Lipinski definition) is 2. The van der Waals surface area contributed by atoms with Crippen molar-refractivity contribution in [2.24, 2.45) is 0 Å². The molecule has 1 aromatic carbocycles. The van der Waals surface area contributed by atoms with Gasteiger partial charge in [0.2, 0.25) is 0 Å². The monoisotopic (exact) mass is 323 g/mol. The van der Waals surface area contributed by atoms with Crippen LogP contribution in [0.4, 0.5) is 0 Å². The van der Waals surface area contributed by atoms with Gasteiger partial charge in [0, 0.05) is 22.1 Å². The molecule has 104 valence electrons. The Labute approximate surface area is 124 Å².